The minimum Gasteiger partial charge on any atom is -0.348 e. The van der Waals surface area contributed by atoms with Crippen LogP contribution in [0.4, 0.5) is 0 Å². The fraction of sp³-hybridized carbons (Fsp3) is 0.500. The van der Waals surface area contributed by atoms with Crippen LogP contribution in [0.5, 0.6) is 0 Å². The lowest BCUT2D eigenvalue weighted by atomic mass is 10.4. The fourth-order valence-corrected chi connectivity index (χ4v) is 9.09. The van der Waals surface area contributed by atoms with Crippen molar-refractivity contribution in [2.75, 3.05) is 0 Å². The zero-order valence-electron chi connectivity index (χ0n) is 12.1. The van der Waals surface area contributed by atoms with E-state index in [2.05, 4.69) is 0 Å². The average molecular weight is 302 g/mol. The maximum absolute atomic E-state index is 13.1. The van der Waals surface area contributed by atoms with E-state index in [1.807, 2.05) is 69.6 Å². The van der Waals surface area contributed by atoms with Gasteiger partial charge in [-0.2, -0.15) is 0 Å². The molecule has 0 bridgehead atoms. The highest BCUT2D eigenvalue weighted by Gasteiger charge is 2.37. The van der Waals surface area contributed by atoms with Crippen LogP contribution >= 0.6 is 7.60 Å². The molecule has 1 aromatic rings. The van der Waals surface area contributed by atoms with Gasteiger partial charge in [-0.05, 0) is 51.4 Å². The topological polar surface area (TPSA) is 35.5 Å². The van der Waals surface area contributed by atoms with Gasteiger partial charge in [0.05, 0.1) is 5.30 Å². The lowest BCUT2D eigenvalue weighted by Gasteiger charge is -2.31. The average Bonchev–Trinajstić information content (AvgIpc) is 2.13. The van der Waals surface area contributed by atoms with E-state index in [1.165, 1.54) is 0 Å². The molecule has 0 saturated heterocycles. The third-order valence-corrected chi connectivity index (χ3v) is 9.10. The molecular weight excluding hydrogens is 279 g/mol. The molecular formula is C12H23O3PSi2. The quantitative estimate of drug-likeness (QED) is 0.604. The van der Waals surface area contributed by atoms with Gasteiger partial charge in [-0.15, -0.1) is 0 Å². The monoisotopic (exact) mass is 302 g/mol. The molecule has 0 radical (unpaired) electrons. The van der Waals surface area contributed by atoms with Crippen LogP contribution in [0.2, 0.25) is 39.3 Å². The van der Waals surface area contributed by atoms with Crippen molar-refractivity contribution in [1.29, 1.82) is 0 Å². The molecule has 0 fully saturated rings. The van der Waals surface area contributed by atoms with Gasteiger partial charge in [-0.3, -0.25) is 4.57 Å². The van der Waals surface area contributed by atoms with E-state index >= 15 is 0 Å². The maximum Gasteiger partial charge on any atom is 0.342 e. The Morgan fingerprint density at radius 3 is 1.56 bits per heavy atom. The molecule has 0 saturated carbocycles. The molecule has 3 nitrogen and oxygen atoms in total. The standard InChI is InChI=1S/C12H23O3PSi2/c1-17(2,3)14-16(13,15-18(4,5)6)12-10-8-7-9-11-12/h7-11H,1-6H3. The minimum absolute atomic E-state index is 0.662. The summed E-state index contributed by atoms with van der Waals surface area (Å²) >= 11 is 0. The van der Waals surface area contributed by atoms with Crippen LogP contribution in [-0.4, -0.2) is 16.6 Å². The van der Waals surface area contributed by atoms with Crippen molar-refractivity contribution < 1.29 is 13.0 Å². The summed E-state index contributed by atoms with van der Waals surface area (Å²) in [7, 11) is -7.07. The Morgan fingerprint density at radius 1 is 0.833 bits per heavy atom. The highest BCUT2D eigenvalue weighted by molar-refractivity contribution is 7.65. The molecule has 0 heterocycles. The summed E-state index contributed by atoms with van der Waals surface area (Å²) in [5.41, 5.74) is 0. The lowest BCUT2D eigenvalue weighted by Crippen LogP contribution is -2.33. The van der Waals surface area contributed by atoms with Crippen LogP contribution < -0.4 is 5.30 Å². The molecule has 18 heavy (non-hydrogen) atoms. The lowest BCUT2D eigenvalue weighted by molar-refractivity contribution is 0.396. The Balaban J connectivity index is 3.14. The van der Waals surface area contributed by atoms with Gasteiger partial charge in [0.2, 0.25) is 0 Å². The predicted octanol–water partition coefficient (Wildman–Crippen LogP) is 4.21. The highest BCUT2D eigenvalue weighted by Crippen LogP contribution is 2.51. The predicted molar refractivity (Wildman–Crippen MR) is 82.5 cm³/mol. The second-order valence-corrected chi connectivity index (χ2v) is 17.7. The molecule has 0 aliphatic carbocycles. The maximum atomic E-state index is 13.1. The summed E-state index contributed by atoms with van der Waals surface area (Å²) in [5.74, 6) is 0. The highest BCUT2D eigenvalue weighted by atomic mass is 31.2. The van der Waals surface area contributed by atoms with Crippen LogP contribution in [-0.2, 0) is 13.0 Å². The van der Waals surface area contributed by atoms with Crippen LogP contribution in [0.1, 0.15) is 0 Å². The van der Waals surface area contributed by atoms with Crippen LogP contribution in [0.25, 0.3) is 0 Å². The summed E-state index contributed by atoms with van der Waals surface area (Å²) in [6, 6.07) is 9.27. The number of benzene rings is 1. The SMILES string of the molecule is C[Si](C)(C)OP(=O)(O[Si](C)(C)C)c1ccccc1. The zero-order chi connectivity index (χ0) is 14.0. The van der Waals surface area contributed by atoms with Crippen molar-refractivity contribution in [2.24, 2.45) is 0 Å². The van der Waals surface area contributed by atoms with Crippen molar-refractivity contribution in [3.8, 4) is 0 Å². The van der Waals surface area contributed by atoms with E-state index in [9.17, 15) is 4.57 Å². The number of rotatable bonds is 5. The van der Waals surface area contributed by atoms with Crippen molar-refractivity contribution in [3.63, 3.8) is 0 Å². The molecule has 0 spiro atoms. The summed E-state index contributed by atoms with van der Waals surface area (Å²) in [6.07, 6.45) is 0. The Labute approximate surface area is 112 Å². The number of hydrogen-bond donors (Lipinski definition) is 0. The normalized spacial score (nSPS) is 13.7. The first-order valence-electron chi connectivity index (χ1n) is 6.09. The molecule has 0 amide bonds. The molecule has 102 valence electrons. The van der Waals surface area contributed by atoms with E-state index in [-0.39, 0.29) is 0 Å². The van der Waals surface area contributed by atoms with Gasteiger partial charge >= 0.3 is 7.60 Å². The van der Waals surface area contributed by atoms with Gasteiger partial charge in [-0.25, -0.2) is 0 Å². The first kappa shape index (κ1) is 15.9. The second kappa shape index (κ2) is 5.43. The largest absolute Gasteiger partial charge is 0.348 e. The fourth-order valence-electron chi connectivity index (χ4n) is 1.46. The van der Waals surface area contributed by atoms with Gasteiger partial charge in [0.15, 0.2) is 16.6 Å². The Hall–Kier alpha value is -0.196. The first-order chi connectivity index (χ1) is 8.02. The van der Waals surface area contributed by atoms with Crippen molar-refractivity contribution in [1.82, 2.24) is 0 Å². The third kappa shape index (κ3) is 5.20. The molecule has 0 aliphatic rings. The Bertz CT molecular complexity index is 415. The van der Waals surface area contributed by atoms with E-state index in [0.717, 1.165) is 0 Å². The van der Waals surface area contributed by atoms with E-state index < -0.39 is 24.2 Å². The zero-order valence-corrected chi connectivity index (χ0v) is 15.0. The van der Waals surface area contributed by atoms with Crippen LogP contribution in [0.15, 0.2) is 30.3 Å². The van der Waals surface area contributed by atoms with E-state index in [4.69, 9.17) is 8.43 Å². The smallest absolute Gasteiger partial charge is 0.342 e. The van der Waals surface area contributed by atoms with Crippen molar-refractivity contribution >= 4 is 29.5 Å². The number of hydrogen-bond acceptors (Lipinski definition) is 3. The molecule has 1 aromatic carbocycles. The van der Waals surface area contributed by atoms with Crippen molar-refractivity contribution in [2.45, 2.75) is 39.3 Å². The van der Waals surface area contributed by atoms with Gasteiger partial charge in [0, 0.05) is 0 Å². The summed E-state index contributed by atoms with van der Waals surface area (Å²) in [4.78, 5) is 0. The van der Waals surface area contributed by atoms with E-state index in [0.29, 0.717) is 5.30 Å². The second-order valence-electron chi connectivity index (χ2n) is 6.24. The van der Waals surface area contributed by atoms with Gasteiger partial charge in [-0.1, -0.05) is 18.2 Å². The van der Waals surface area contributed by atoms with E-state index in [1.54, 1.807) is 0 Å². The van der Waals surface area contributed by atoms with Crippen LogP contribution in [0.3, 0.4) is 0 Å². The molecule has 0 N–H and O–H groups in total. The molecule has 6 heteroatoms. The van der Waals surface area contributed by atoms with Gasteiger partial charge in [0.1, 0.15) is 0 Å². The minimum atomic E-state index is -3.19. The Kier molecular flexibility index (Phi) is 4.78. The first-order valence-corrected chi connectivity index (χ1v) is 14.4. The third-order valence-electron chi connectivity index (χ3n) is 1.86. The van der Waals surface area contributed by atoms with Gasteiger partial charge < -0.3 is 8.43 Å². The summed E-state index contributed by atoms with van der Waals surface area (Å²) in [6.45, 7) is 12.1. The molecule has 0 unspecified atom stereocenters. The summed E-state index contributed by atoms with van der Waals surface area (Å²) in [5, 5.41) is 0.662. The molecule has 0 aromatic heterocycles. The Morgan fingerprint density at radius 2 is 1.22 bits per heavy atom. The molecule has 0 aliphatic heterocycles. The van der Waals surface area contributed by atoms with Crippen LogP contribution in [0, 0.1) is 0 Å². The molecule has 0 atom stereocenters. The van der Waals surface area contributed by atoms with Gasteiger partial charge in [0.25, 0.3) is 0 Å². The summed E-state index contributed by atoms with van der Waals surface area (Å²) < 4.78 is 24.9. The molecule has 1 rings (SSSR count). The van der Waals surface area contributed by atoms with Crippen molar-refractivity contribution in [3.05, 3.63) is 30.3 Å².